The van der Waals surface area contributed by atoms with Crippen LogP contribution in [0.5, 0.6) is 0 Å². The van der Waals surface area contributed by atoms with E-state index in [0.29, 0.717) is 25.7 Å². The van der Waals surface area contributed by atoms with Crippen LogP contribution in [0.25, 0.3) is 0 Å². The number of benzene rings is 1. The topological polar surface area (TPSA) is 129 Å². The highest BCUT2D eigenvalue weighted by atomic mass is 35.5. The van der Waals surface area contributed by atoms with Crippen molar-refractivity contribution in [3.8, 4) is 0 Å². The average Bonchev–Trinajstić information content (AvgIpc) is 3.18. The maximum absolute atomic E-state index is 12.4. The van der Waals surface area contributed by atoms with Gasteiger partial charge >= 0.3 is 12.2 Å². The number of rotatable bonds is 10. The van der Waals surface area contributed by atoms with Gasteiger partial charge in [0.15, 0.2) is 18.7 Å². The lowest BCUT2D eigenvalue weighted by molar-refractivity contribution is -0.119. The molecule has 2 rings (SSSR count). The van der Waals surface area contributed by atoms with Crippen LogP contribution in [-0.2, 0) is 25.7 Å². The van der Waals surface area contributed by atoms with Gasteiger partial charge in [-0.3, -0.25) is 24.8 Å². The molecule has 0 spiro atoms. The van der Waals surface area contributed by atoms with Crippen LogP contribution in [0.2, 0.25) is 10.0 Å². The third-order valence-electron chi connectivity index (χ3n) is 4.50. The lowest BCUT2D eigenvalue weighted by Gasteiger charge is -2.22. The van der Waals surface area contributed by atoms with Crippen molar-refractivity contribution in [1.82, 2.24) is 20.2 Å². The van der Waals surface area contributed by atoms with Crippen LogP contribution in [0.1, 0.15) is 50.9 Å². The Labute approximate surface area is 237 Å². The smallest absolute Gasteiger partial charge is 0.415 e. The molecule has 10 nitrogen and oxygen atoms in total. The minimum absolute atomic E-state index is 0.104. The van der Waals surface area contributed by atoms with Crippen molar-refractivity contribution >= 4 is 82.2 Å². The molecule has 0 saturated carbocycles. The van der Waals surface area contributed by atoms with Crippen LogP contribution in [0, 0.1) is 0 Å². The van der Waals surface area contributed by atoms with Crippen molar-refractivity contribution in [3.05, 3.63) is 39.8 Å². The van der Waals surface area contributed by atoms with E-state index >= 15 is 0 Å². The third kappa shape index (κ3) is 9.26. The van der Waals surface area contributed by atoms with E-state index in [2.05, 4.69) is 4.98 Å². The molecule has 1 heterocycles. The summed E-state index contributed by atoms with van der Waals surface area (Å²) >= 11 is 24.5. The van der Waals surface area contributed by atoms with Gasteiger partial charge in [-0.25, -0.2) is 14.6 Å². The van der Waals surface area contributed by atoms with E-state index in [4.69, 9.17) is 55.9 Å². The van der Waals surface area contributed by atoms with Crippen LogP contribution in [0.3, 0.4) is 0 Å². The average molecular weight is 614 g/mol. The fourth-order valence-electron chi connectivity index (χ4n) is 2.99. The SMILES string of the molecule is CCC(OC(=O)NC(=O)CCl)n1c(COC(=O)NC(=O)CCl)nc(C(C)C)c1Sc1cc(Cl)cc(Cl)c1. The van der Waals surface area contributed by atoms with Crippen LogP contribution in [-0.4, -0.2) is 45.3 Å². The van der Waals surface area contributed by atoms with Gasteiger partial charge in [0, 0.05) is 21.4 Å². The number of nitrogens with zero attached hydrogens (tertiary/aromatic N) is 2. The van der Waals surface area contributed by atoms with E-state index < -0.39 is 42.0 Å². The van der Waals surface area contributed by atoms with E-state index in [1.807, 2.05) is 24.5 Å². The summed E-state index contributed by atoms with van der Waals surface area (Å²) in [4.78, 5) is 52.7. The lowest BCUT2D eigenvalue weighted by atomic mass is 10.1. The molecule has 0 fully saturated rings. The van der Waals surface area contributed by atoms with Crippen molar-refractivity contribution in [1.29, 1.82) is 0 Å². The van der Waals surface area contributed by atoms with Gasteiger partial charge in [0.25, 0.3) is 0 Å². The highest BCUT2D eigenvalue weighted by molar-refractivity contribution is 7.99. The van der Waals surface area contributed by atoms with E-state index in [1.54, 1.807) is 29.7 Å². The Bertz CT molecular complexity index is 1140. The number of alkyl halides is 2. The second-order valence-electron chi connectivity index (χ2n) is 7.66. The molecule has 2 aromatic rings. The van der Waals surface area contributed by atoms with E-state index in [1.165, 1.54) is 11.8 Å². The number of hydrogen-bond donors (Lipinski definition) is 2. The van der Waals surface area contributed by atoms with Crippen molar-refractivity contribution in [2.75, 3.05) is 11.8 Å². The number of hydrogen-bond acceptors (Lipinski definition) is 8. The lowest BCUT2D eigenvalue weighted by Crippen LogP contribution is -2.34. The van der Waals surface area contributed by atoms with Crippen molar-refractivity contribution in [2.24, 2.45) is 0 Å². The highest BCUT2D eigenvalue weighted by Crippen LogP contribution is 2.39. The molecule has 0 radical (unpaired) electrons. The van der Waals surface area contributed by atoms with Gasteiger partial charge in [0.1, 0.15) is 16.8 Å². The predicted molar refractivity (Wildman–Crippen MR) is 141 cm³/mol. The first-order chi connectivity index (χ1) is 17.5. The number of amides is 4. The molecule has 15 heteroatoms. The molecule has 2 N–H and O–H groups in total. The largest absolute Gasteiger partial charge is 0.441 e. The Kier molecular flexibility index (Phi) is 12.3. The van der Waals surface area contributed by atoms with Crippen LogP contribution < -0.4 is 10.6 Å². The molecule has 1 atom stereocenters. The van der Waals surface area contributed by atoms with Gasteiger partial charge in [-0.05, 0) is 24.1 Å². The summed E-state index contributed by atoms with van der Waals surface area (Å²) in [5, 5.41) is 5.39. The number of carbonyl (C=O) groups is 4. The summed E-state index contributed by atoms with van der Waals surface area (Å²) in [6.45, 7) is 5.19. The molecule has 4 amide bonds. The number of carbonyl (C=O) groups excluding carboxylic acids is 4. The number of imide groups is 2. The number of imidazole rings is 1. The van der Waals surface area contributed by atoms with E-state index in [9.17, 15) is 19.2 Å². The number of alkyl carbamates (subject to hydrolysis) is 2. The summed E-state index contributed by atoms with van der Waals surface area (Å²) in [6.07, 6.45) is -2.76. The maximum atomic E-state index is 12.4. The summed E-state index contributed by atoms with van der Waals surface area (Å²) in [5.74, 6) is -2.21. The molecule has 1 aromatic carbocycles. The van der Waals surface area contributed by atoms with Crippen LogP contribution >= 0.6 is 58.2 Å². The molecule has 0 saturated heterocycles. The molecule has 37 heavy (non-hydrogen) atoms. The van der Waals surface area contributed by atoms with Crippen molar-refractivity contribution in [2.45, 2.75) is 55.9 Å². The first kappa shape index (κ1) is 31.0. The number of ether oxygens (including phenoxy) is 2. The Morgan fingerprint density at radius 2 is 1.57 bits per heavy atom. The molecular formula is C22H24Cl4N4O6S. The molecule has 0 aliphatic heterocycles. The zero-order valence-electron chi connectivity index (χ0n) is 20.0. The second-order valence-corrected chi connectivity index (χ2v) is 10.1. The molecule has 0 bridgehead atoms. The second kappa shape index (κ2) is 14.7. The van der Waals surface area contributed by atoms with E-state index in [-0.39, 0.29) is 24.8 Å². The normalized spacial score (nSPS) is 11.7. The van der Waals surface area contributed by atoms with Crippen molar-refractivity contribution < 1.29 is 28.7 Å². The Balaban J connectivity index is 2.54. The van der Waals surface area contributed by atoms with E-state index in [0.717, 1.165) is 0 Å². The number of nitrogens with one attached hydrogen (secondary N) is 2. The Hall–Kier alpha value is -2.18. The first-order valence-electron chi connectivity index (χ1n) is 10.8. The van der Waals surface area contributed by atoms with Crippen LogP contribution in [0.4, 0.5) is 9.59 Å². The quantitative estimate of drug-likeness (QED) is 0.319. The monoisotopic (exact) mass is 612 g/mol. The third-order valence-corrected chi connectivity index (χ3v) is 6.49. The van der Waals surface area contributed by atoms with Crippen molar-refractivity contribution in [3.63, 3.8) is 0 Å². The zero-order valence-corrected chi connectivity index (χ0v) is 23.8. The fourth-order valence-corrected chi connectivity index (χ4v) is 5.08. The molecule has 0 aliphatic rings. The Morgan fingerprint density at radius 3 is 2.08 bits per heavy atom. The standard InChI is InChI=1S/C22H24Cl4N4O6S/c1-4-18(36-22(34)29-17(32)9-24)30-15(10-35-21(33)28-16(31)8-23)27-19(11(2)3)20(30)37-14-6-12(25)5-13(26)7-14/h5-7,11,18H,4,8-10H2,1-3H3,(H,28,31,33)(H,29,32,34). The summed E-state index contributed by atoms with van der Waals surface area (Å²) in [6, 6.07) is 4.99. The minimum atomic E-state index is -1.03. The number of aromatic nitrogens is 2. The predicted octanol–water partition coefficient (Wildman–Crippen LogP) is 5.86. The van der Waals surface area contributed by atoms with Gasteiger partial charge in [-0.2, -0.15) is 0 Å². The zero-order chi connectivity index (χ0) is 27.7. The first-order valence-corrected chi connectivity index (χ1v) is 13.5. The van der Waals surface area contributed by atoms with Gasteiger partial charge < -0.3 is 9.47 Å². The molecule has 1 unspecified atom stereocenters. The van der Waals surface area contributed by atoms with Gasteiger partial charge in [0.05, 0.1) is 5.69 Å². The number of halogens is 4. The van der Waals surface area contributed by atoms with Crippen LogP contribution in [0.15, 0.2) is 28.1 Å². The Morgan fingerprint density at radius 1 is 1.00 bits per heavy atom. The van der Waals surface area contributed by atoms with Gasteiger partial charge in [-0.1, -0.05) is 55.7 Å². The summed E-state index contributed by atoms with van der Waals surface area (Å²) in [7, 11) is 0. The molecular weight excluding hydrogens is 590 g/mol. The summed E-state index contributed by atoms with van der Waals surface area (Å²) < 4.78 is 12.3. The molecule has 0 aliphatic carbocycles. The minimum Gasteiger partial charge on any atom is -0.441 e. The maximum Gasteiger partial charge on any atom is 0.415 e. The van der Waals surface area contributed by atoms with Gasteiger partial charge in [-0.15, -0.1) is 23.2 Å². The molecule has 202 valence electrons. The summed E-state index contributed by atoms with van der Waals surface area (Å²) in [5.41, 5.74) is 0.608. The highest BCUT2D eigenvalue weighted by Gasteiger charge is 2.28. The molecule has 1 aromatic heterocycles. The van der Waals surface area contributed by atoms with Gasteiger partial charge in [0.2, 0.25) is 11.8 Å². The fraction of sp³-hybridized carbons (Fsp3) is 0.409.